The zero-order valence-electron chi connectivity index (χ0n) is 15.2. The molecular weight excluding hydrogens is 343 g/mol. The third-order valence-electron chi connectivity index (χ3n) is 4.82. The topological polar surface area (TPSA) is 35.5 Å². The molecule has 0 aromatic heterocycles. The van der Waals surface area contributed by atoms with Crippen LogP contribution < -0.4 is 0 Å². The number of carbonyl (C=O) groups is 1. The van der Waals surface area contributed by atoms with Gasteiger partial charge < -0.3 is 9.05 Å². The van der Waals surface area contributed by atoms with E-state index in [0.29, 0.717) is 24.9 Å². The molecule has 0 bridgehead atoms. The highest BCUT2D eigenvalue weighted by molar-refractivity contribution is 7.47. The summed E-state index contributed by atoms with van der Waals surface area (Å²) in [5, 5.41) is 0. The Bertz CT molecular complexity index is 606. The van der Waals surface area contributed by atoms with Crippen LogP contribution in [0.25, 0.3) is 0 Å². The van der Waals surface area contributed by atoms with Crippen molar-refractivity contribution >= 4 is 14.2 Å². The van der Waals surface area contributed by atoms with Crippen molar-refractivity contribution in [1.29, 1.82) is 0 Å². The minimum atomic E-state index is -0.929. The average molecular weight is 370 g/mol. The molecule has 0 amide bonds. The standard InChI is InChI=1S/C22H27O3P/c23-22-13-11-19(12-14-22)15-16-26(24-17-20-7-3-1-4-8-20)25-18-21-9-5-2-6-10-21/h1-10,19H,11-18H2. The van der Waals surface area contributed by atoms with Crippen molar-refractivity contribution in [3.63, 3.8) is 0 Å². The Labute approximate surface area is 157 Å². The molecule has 0 aliphatic heterocycles. The second kappa shape index (κ2) is 10.6. The summed E-state index contributed by atoms with van der Waals surface area (Å²) in [6.07, 6.45) is 5.58. The molecule has 0 radical (unpaired) electrons. The Morgan fingerprint density at radius 3 is 1.81 bits per heavy atom. The molecule has 2 aromatic carbocycles. The highest BCUT2D eigenvalue weighted by atomic mass is 31.2. The Kier molecular flexibility index (Phi) is 7.82. The summed E-state index contributed by atoms with van der Waals surface area (Å²) in [6.45, 7) is 1.18. The van der Waals surface area contributed by atoms with Gasteiger partial charge in [-0.15, -0.1) is 0 Å². The van der Waals surface area contributed by atoms with Gasteiger partial charge in [-0.3, -0.25) is 4.79 Å². The highest BCUT2D eigenvalue weighted by Crippen LogP contribution is 2.43. The molecule has 1 saturated carbocycles. The lowest BCUT2D eigenvalue weighted by Gasteiger charge is -2.23. The lowest BCUT2D eigenvalue weighted by atomic mass is 9.87. The molecule has 0 heterocycles. The molecule has 0 saturated heterocycles. The van der Waals surface area contributed by atoms with Gasteiger partial charge >= 0.3 is 0 Å². The molecule has 0 spiro atoms. The molecule has 1 fully saturated rings. The van der Waals surface area contributed by atoms with E-state index in [1.165, 1.54) is 11.1 Å². The van der Waals surface area contributed by atoms with E-state index in [1.54, 1.807) is 0 Å². The summed E-state index contributed by atoms with van der Waals surface area (Å²) in [6, 6.07) is 20.5. The van der Waals surface area contributed by atoms with Gasteiger partial charge in [0.05, 0.1) is 13.2 Å². The summed E-state index contributed by atoms with van der Waals surface area (Å²) < 4.78 is 12.3. The van der Waals surface area contributed by atoms with E-state index in [9.17, 15) is 4.79 Å². The first-order chi connectivity index (χ1) is 12.8. The van der Waals surface area contributed by atoms with Crippen molar-refractivity contribution in [2.45, 2.75) is 45.3 Å². The number of ketones is 1. The molecule has 0 N–H and O–H groups in total. The second-order valence-electron chi connectivity index (χ2n) is 6.85. The summed E-state index contributed by atoms with van der Waals surface area (Å²) in [5.41, 5.74) is 2.35. The third kappa shape index (κ3) is 6.64. The number of hydrogen-bond acceptors (Lipinski definition) is 3. The molecule has 1 aliphatic carbocycles. The first kappa shape index (κ1) is 19.2. The molecular formula is C22H27O3P. The lowest BCUT2D eigenvalue weighted by Crippen LogP contribution is -2.15. The third-order valence-corrected chi connectivity index (χ3v) is 6.28. The fourth-order valence-electron chi connectivity index (χ4n) is 3.18. The van der Waals surface area contributed by atoms with Gasteiger partial charge in [-0.1, -0.05) is 60.7 Å². The monoisotopic (exact) mass is 370 g/mol. The Balaban J connectivity index is 1.50. The number of hydrogen-bond donors (Lipinski definition) is 0. The molecule has 0 atom stereocenters. The number of benzene rings is 2. The van der Waals surface area contributed by atoms with Gasteiger partial charge in [-0.2, -0.15) is 0 Å². The summed E-state index contributed by atoms with van der Waals surface area (Å²) in [5.74, 6) is 1.06. The van der Waals surface area contributed by atoms with E-state index >= 15 is 0 Å². The van der Waals surface area contributed by atoms with E-state index in [0.717, 1.165) is 38.3 Å². The molecule has 3 nitrogen and oxygen atoms in total. The summed E-state index contributed by atoms with van der Waals surface area (Å²) in [4.78, 5) is 11.4. The van der Waals surface area contributed by atoms with Gasteiger partial charge in [0.25, 0.3) is 0 Å². The van der Waals surface area contributed by atoms with Gasteiger partial charge in [-0.25, -0.2) is 0 Å². The van der Waals surface area contributed by atoms with Crippen molar-refractivity contribution in [2.75, 3.05) is 6.16 Å². The molecule has 3 rings (SSSR count). The van der Waals surface area contributed by atoms with Crippen LogP contribution in [0, 0.1) is 5.92 Å². The van der Waals surface area contributed by atoms with Gasteiger partial charge in [0, 0.05) is 19.0 Å². The number of rotatable bonds is 9. The maximum atomic E-state index is 11.4. The van der Waals surface area contributed by atoms with Crippen LogP contribution in [0.1, 0.15) is 43.2 Å². The maximum Gasteiger partial charge on any atom is 0.171 e. The van der Waals surface area contributed by atoms with E-state index in [2.05, 4.69) is 24.3 Å². The first-order valence-electron chi connectivity index (χ1n) is 9.42. The second-order valence-corrected chi connectivity index (χ2v) is 8.47. The lowest BCUT2D eigenvalue weighted by molar-refractivity contribution is -0.121. The predicted molar refractivity (Wildman–Crippen MR) is 106 cm³/mol. The van der Waals surface area contributed by atoms with Crippen molar-refractivity contribution in [3.05, 3.63) is 71.8 Å². The van der Waals surface area contributed by atoms with Crippen LogP contribution in [0.2, 0.25) is 0 Å². The molecule has 26 heavy (non-hydrogen) atoms. The smallest absolute Gasteiger partial charge is 0.171 e. The summed E-state index contributed by atoms with van der Waals surface area (Å²) in [7, 11) is -0.929. The van der Waals surface area contributed by atoms with E-state index < -0.39 is 8.38 Å². The Hall–Kier alpha value is -1.54. The van der Waals surface area contributed by atoms with E-state index in [4.69, 9.17) is 9.05 Å². The zero-order chi connectivity index (χ0) is 18.0. The normalized spacial score (nSPS) is 15.5. The van der Waals surface area contributed by atoms with Crippen LogP contribution in [-0.4, -0.2) is 11.9 Å². The fraction of sp³-hybridized carbons (Fsp3) is 0.409. The average Bonchev–Trinajstić information content (AvgIpc) is 2.70. The molecule has 0 unspecified atom stereocenters. The van der Waals surface area contributed by atoms with Crippen LogP contribution in [-0.2, 0) is 27.1 Å². The number of carbonyl (C=O) groups excluding carboxylic acids is 1. The van der Waals surface area contributed by atoms with Crippen LogP contribution in [0.3, 0.4) is 0 Å². The van der Waals surface area contributed by atoms with Crippen molar-refractivity contribution in [1.82, 2.24) is 0 Å². The summed E-state index contributed by atoms with van der Waals surface area (Å²) >= 11 is 0. The maximum absolute atomic E-state index is 11.4. The van der Waals surface area contributed by atoms with Crippen LogP contribution in [0.4, 0.5) is 0 Å². The first-order valence-corrected chi connectivity index (χ1v) is 10.8. The van der Waals surface area contributed by atoms with Crippen LogP contribution >= 0.6 is 8.38 Å². The quantitative estimate of drug-likeness (QED) is 0.517. The van der Waals surface area contributed by atoms with Crippen molar-refractivity contribution < 1.29 is 13.8 Å². The fourth-order valence-corrected chi connectivity index (χ4v) is 4.68. The minimum absolute atomic E-state index is 0.421. The Morgan fingerprint density at radius 2 is 1.31 bits per heavy atom. The zero-order valence-corrected chi connectivity index (χ0v) is 16.1. The predicted octanol–water partition coefficient (Wildman–Crippen LogP) is 5.88. The van der Waals surface area contributed by atoms with Crippen LogP contribution in [0.15, 0.2) is 60.7 Å². The highest BCUT2D eigenvalue weighted by Gasteiger charge is 2.21. The molecule has 138 valence electrons. The van der Waals surface area contributed by atoms with Crippen molar-refractivity contribution in [3.8, 4) is 0 Å². The van der Waals surface area contributed by atoms with Gasteiger partial charge in [-0.05, 0) is 36.3 Å². The van der Waals surface area contributed by atoms with E-state index in [-0.39, 0.29) is 0 Å². The molecule has 4 heteroatoms. The molecule has 1 aliphatic rings. The largest absolute Gasteiger partial charge is 0.329 e. The van der Waals surface area contributed by atoms with Gasteiger partial charge in [0.15, 0.2) is 8.38 Å². The SMILES string of the molecule is O=C1CCC(CCP(OCc2ccccc2)OCc2ccccc2)CC1. The number of Topliss-reactive ketones (excluding diaryl/α,β-unsaturated/α-hetero) is 1. The van der Waals surface area contributed by atoms with Crippen molar-refractivity contribution in [2.24, 2.45) is 5.92 Å². The van der Waals surface area contributed by atoms with Crippen LogP contribution in [0.5, 0.6) is 0 Å². The van der Waals surface area contributed by atoms with Gasteiger partial charge in [0.2, 0.25) is 0 Å². The Morgan fingerprint density at radius 1 is 0.808 bits per heavy atom. The van der Waals surface area contributed by atoms with E-state index in [1.807, 2.05) is 36.4 Å². The minimum Gasteiger partial charge on any atom is -0.329 e. The molecule has 2 aromatic rings. The van der Waals surface area contributed by atoms with Gasteiger partial charge in [0.1, 0.15) is 5.78 Å².